The van der Waals surface area contributed by atoms with E-state index < -0.39 is 11.2 Å². The van der Waals surface area contributed by atoms with Crippen molar-refractivity contribution < 1.29 is 14.0 Å². The summed E-state index contributed by atoms with van der Waals surface area (Å²) in [5, 5.41) is 4.43. The average molecular weight is 666 g/mol. The fourth-order valence-corrected chi connectivity index (χ4v) is 7.40. The van der Waals surface area contributed by atoms with Gasteiger partial charge in [0.05, 0.1) is 35.5 Å². The van der Waals surface area contributed by atoms with E-state index in [4.69, 9.17) is 16.6 Å². The highest BCUT2D eigenvalue weighted by molar-refractivity contribution is 6.29. The number of aliphatic imine (C=N–C) groups is 1. The van der Waals surface area contributed by atoms with Gasteiger partial charge < -0.3 is 4.90 Å². The van der Waals surface area contributed by atoms with E-state index in [1.165, 1.54) is 11.8 Å². The lowest BCUT2D eigenvalue weighted by molar-refractivity contribution is -0.132. The summed E-state index contributed by atoms with van der Waals surface area (Å²) in [7, 11) is 1.85. The number of hydrogen-bond acceptors (Lipinski definition) is 8. The number of benzene rings is 1. The van der Waals surface area contributed by atoms with E-state index in [-0.39, 0.29) is 22.5 Å². The normalized spacial score (nSPS) is 20.9. The van der Waals surface area contributed by atoms with Gasteiger partial charge in [0.15, 0.2) is 5.82 Å². The molecule has 4 aliphatic heterocycles. The molecule has 3 aromatic heterocycles. The smallest absolute Gasteiger partial charge is 0.237 e. The molecule has 244 valence electrons. The molecule has 0 unspecified atom stereocenters. The molecule has 2 saturated heterocycles. The Hall–Kier alpha value is -4.81. The molecule has 0 N–H and O–H groups in total. The molecule has 48 heavy (non-hydrogen) atoms. The quantitative estimate of drug-likeness (QED) is 0.284. The van der Waals surface area contributed by atoms with Crippen LogP contribution < -0.4 is 4.90 Å². The molecule has 13 heteroatoms. The van der Waals surface area contributed by atoms with Gasteiger partial charge in [-0.1, -0.05) is 48.0 Å². The Labute approximate surface area is 281 Å². The molecule has 0 saturated carbocycles. The molecular formula is C35H33ClFN9O2. The number of aryl methyl sites for hydroxylation is 1. The molecule has 2 amide bonds. The fraction of sp³-hybridized carbons (Fsp3) is 0.343. The van der Waals surface area contributed by atoms with Gasteiger partial charge in [-0.15, -0.1) is 0 Å². The molecule has 1 aromatic carbocycles. The van der Waals surface area contributed by atoms with Crippen LogP contribution in [0.2, 0.25) is 5.15 Å². The van der Waals surface area contributed by atoms with E-state index in [0.717, 1.165) is 29.2 Å². The number of pyridine rings is 2. The Morgan fingerprint density at radius 2 is 1.85 bits per heavy atom. The molecule has 7 heterocycles. The SMILES string of the molecule is Cn1cnc(-c2ccc(C3=CCN(C(=O)CN4CC[C@]5(CCN(c6ccc7c(n6)C(c6cnc(Cl)cc6F)=NC7)C5=O)C4)CC3)cc2)n1. The molecule has 4 aromatic rings. The van der Waals surface area contributed by atoms with Crippen LogP contribution in [-0.4, -0.2) is 91.3 Å². The highest BCUT2D eigenvalue weighted by Gasteiger charge is 2.51. The number of carbonyl (C=O) groups excluding carboxylic acids is 2. The number of fused-ring (bicyclic) bond motifs is 1. The van der Waals surface area contributed by atoms with Gasteiger partial charge in [0.25, 0.3) is 0 Å². The van der Waals surface area contributed by atoms with Crippen LogP contribution in [-0.2, 0) is 23.2 Å². The van der Waals surface area contributed by atoms with Crippen molar-refractivity contribution in [2.75, 3.05) is 44.2 Å². The van der Waals surface area contributed by atoms with Crippen molar-refractivity contribution in [1.29, 1.82) is 0 Å². The molecular weight excluding hydrogens is 633 g/mol. The monoisotopic (exact) mass is 665 g/mol. The molecule has 0 aliphatic carbocycles. The number of carbonyl (C=O) groups is 2. The van der Waals surface area contributed by atoms with Crippen molar-refractivity contribution in [2.24, 2.45) is 17.5 Å². The Morgan fingerprint density at radius 3 is 2.60 bits per heavy atom. The van der Waals surface area contributed by atoms with Crippen LogP contribution in [0.1, 0.15) is 41.6 Å². The molecule has 0 bridgehead atoms. The topological polar surface area (TPSA) is 113 Å². The number of hydrogen-bond donors (Lipinski definition) is 0. The number of halogens is 2. The first-order chi connectivity index (χ1) is 23.3. The predicted molar refractivity (Wildman–Crippen MR) is 179 cm³/mol. The van der Waals surface area contributed by atoms with Crippen molar-refractivity contribution in [3.05, 3.63) is 94.4 Å². The second-order valence-electron chi connectivity index (χ2n) is 12.9. The summed E-state index contributed by atoms with van der Waals surface area (Å²) in [6.45, 7) is 3.66. The van der Waals surface area contributed by atoms with Crippen molar-refractivity contribution in [2.45, 2.75) is 25.8 Å². The summed E-state index contributed by atoms with van der Waals surface area (Å²) in [5.74, 6) is 0.814. The largest absolute Gasteiger partial charge is 0.338 e. The average Bonchev–Trinajstić information content (AvgIpc) is 3.89. The third-order valence-corrected chi connectivity index (χ3v) is 10.1. The van der Waals surface area contributed by atoms with Gasteiger partial charge >= 0.3 is 0 Å². The van der Waals surface area contributed by atoms with Gasteiger partial charge in [-0.25, -0.2) is 19.3 Å². The van der Waals surface area contributed by atoms with Gasteiger partial charge in [0, 0.05) is 56.6 Å². The van der Waals surface area contributed by atoms with Crippen LogP contribution in [0.15, 0.2) is 66.1 Å². The Balaban J connectivity index is 0.889. The number of likely N-dealkylation sites (tertiary alicyclic amines) is 1. The zero-order valence-electron chi connectivity index (χ0n) is 26.4. The Bertz CT molecular complexity index is 2010. The van der Waals surface area contributed by atoms with Crippen LogP contribution >= 0.6 is 11.6 Å². The maximum atomic E-state index is 14.7. The number of rotatable bonds is 6. The van der Waals surface area contributed by atoms with E-state index in [1.807, 2.05) is 36.2 Å². The Kier molecular flexibility index (Phi) is 7.64. The van der Waals surface area contributed by atoms with Gasteiger partial charge in [-0.2, -0.15) is 5.10 Å². The van der Waals surface area contributed by atoms with Crippen LogP contribution in [0.3, 0.4) is 0 Å². The third kappa shape index (κ3) is 5.48. The molecule has 8 rings (SSSR count). The first kappa shape index (κ1) is 30.5. The molecule has 4 aliphatic rings. The molecule has 1 spiro atoms. The molecule has 0 radical (unpaired) electrons. The Morgan fingerprint density at radius 1 is 1.04 bits per heavy atom. The predicted octanol–water partition coefficient (Wildman–Crippen LogP) is 4.16. The van der Waals surface area contributed by atoms with Crippen LogP contribution in [0.5, 0.6) is 0 Å². The minimum absolute atomic E-state index is 0.0242. The summed E-state index contributed by atoms with van der Waals surface area (Å²) >= 11 is 5.85. The van der Waals surface area contributed by atoms with Gasteiger partial charge in [-0.3, -0.25) is 29.1 Å². The minimum Gasteiger partial charge on any atom is -0.338 e. The zero-order chi connectivity index (χ0) is 33.0. The van der Waals surface area contributed by atoms with Crippen molar-refractivity contribution in [3.8, 4) is 11.4 Å². The number of nitrogens with zero attached hydrogens (tertiary/aromatic N) is 9. The second kappa shape index (κ2) is 12.0. The van der Waals surface area contributed by atoms with E-state index in [0.29, 0.717) is 81.7 Å². The summed E-state index contributed by atoms with van der Waals surface area (Å²) in [6.07, 6.45) is 7.36. The van der Waals surface area contributed by atoms with Gasteiger partial charge in [-0.05, 0) is 43.0 Å². The summed E-state index contributed by atoms with van der Waals surface area (Å²) in [4.78, 5) is 50.7. The maximum absolute atomic E-state index is 14.7. The van der Waals surface area contributed by atoms with E-state index in [2.05, 4.69) is 43.2 Å². The summed E-state index contributed by atoms with van der Waals surface area (Å²) in [5.41, 5.74) is 4.86. The zero-order valence-corrected chi connectivity index (χ0v) is 27.2. The maximum Gasteiger partial charge on any atom is 0.237 e. The highest BCUT2D eigenvalue weighted by Crippen LogP contribution is 2.42. The molecule has 1 atom stereocenters. The standard InChI is InChI=1S/C35H33ClFN9O2/c1-43-21-40-33(42-43)24-4-2-22(3-5-24)23-8-12-45(13-9-23)30(47)19-44-14-10-35(20-44)11-15-46(34(35)48)29-7-6-25-17-39-32(31(25)41-29)26-18-38-28(36)16-27(26)37/h2-8,16,18,21H,9-15,17,19-20H2,1H3/t35-/m0/s1. The highest BCUT2D eigenvalue weighted by atomic mass is 35.5. The summed E-state index contributed by atoms with van der Waals surface area (Å²) in [6, 6.07) is 13.1. The van der Waals surface area contributed by atoms with Gasteiger partial charge in [0.1, 0.15) is 23.1 Å². The van der Waals surface area contributed by atoms with E-state index in [9.17, 15) is 14.0 Å². The first-order valence-corrected chi connectivity index (χ1v) is 16.5. The first-order valence-electron chi connectivity index (χ1n) is 16.1. The molecule has 11 nitrogen and oxygen atoms in total. The lowest BCUT2D eigenvalue weighted by Crippen LogP contribution is -2.43. The third-order valence-electron chi connectivity index (χ3n) is 9.93. The number of anilines is 1. The van der Waals surface area contributed by atoms with E-state index in [1.54, 1.807) is 15.9 Å². The van der Waals surface area contributed by atoms with E-state index >= 15 is 0 Å². The van der Waals surface area contributed by atoms with Crippen molar-refractivity contribution in [3.63, 3.8) is 0 Å². The van der Waals surface area contributed by atoms with Crippen molar-refractivity contribution >= 4 is 40.5 Å². The minimum atomic E-state index is -0.546. The fourth-order valence-electron chi connectivity index (χ4n) is 7.26. The summed E-state index contributed by atoms with van der Waals surface area (Å²) < 4.78 is 16.4. The second-order valence-corrected chi connectivity index (χ2v) is 13.3. The van der Waals surface area contributed by atoms with Crippen LogP contribution in [0.4, 0.5) is 10.2 Å². The number of amides is 2. The lowest BCUT2D eigenvalue weighted by Gasteiger charge is -2.29. The molecule has 2 fully saturated rings. The lowest BCUT2D eigenvalue weighted by atomic mass is 9.85. The van der Waals surface area contributed by atoms with Crippen molar-refractivity contribution in [1.82, 2.24) is 34.5 Å². The number of aromatic nitrogens is 5. The van der Waals surface area contributed by atoms with Crippen LogP contribution in [0, 0.1) is 11.2 Å². The van der Waals surface area contributed by atoms with Crippen LogP contribution in [0.25, 0.3) is 17.0 Å². The van der Waals surface area contributed by atoms with Gasteiger partial charge in [0.2, 0.25) is 11.8 Å².